The van der Waals surface area contributed by atoms with E-state index in [-0.39, 0.29) is 11.8 Å². The van der Waals surface area contributed by atoms with Crippen LogP contribution in [0.3, 0.4) is 0 Å². The second-order valence-electron chi connectivity index (χ2n) is 5.87. The predicted molar refractivity (Wildman–Crippen MR) is 80.6 cm³/mol. The number of rotatable bonds is 3. The number of amides is 1. The maximum atomic E-state index is 12.5. The molecule has 8 nitrogen and oxygen atoms in total. The lowest BCUT2D eigenvalue weighted by Crippen LogP contribution is -2.45. The molecule has 3 N–H and O–H groups in total. The quantitative estimate of drug-likeness (QED) is 0.705. The minimum absolute atomic E-state index is 0.250. The number of aryl methyl sites for hydroxylation is 2. The first-order valence-electron chi connectivity index (χ1n) is 7.40. The van der Waals surface area contributed by atoms with Crippen LogP contribution in [0, 0.1) is 6.92 Å². The maximum absolute atomic E-state index is 12.5. The van der Waals surface area contributed by atoms with Crippen molar-refractivity contribution in [3.8, 4) is 0 Å². The van der Waals surface area contributed by atoms with Gasteiger partial charge in [0.1, 0.15) is 18.1 Å². The molecule has 0 radical (unpaired) electrons. The largest absolute Gasteiger partial charge is 0.390 e. The molecule has 0 bridgehead atoms. The number of carbonyl (C=O) groups is 1. The molecule has 2 aromatic heterocycles. The highest BCUT2D eigenvalue weighted by atomic mass is 16.3. The molecule has 4 unspecified atom stereocenters. The molecule has 0 aromatic carbocycles. The summed E-state index contributed by atoms with van der Waals surface area (Å²) in [5.41, 5.74) is 1.91. The highest BCUT2D eigenvalue weighted by molar-refractivity contribution is 5.93. The predicted octanol–water partition coefficient (Wildman–Crippen LogP) is -0.474. The first kappa shape index (κ1) is 15.6. The van der Waals surface area contributed by atoms with E-state index in [1.165, 1.54) is 11.0 Å². The molecule has 0 aliphatic heterocycles. The van der Waals surface area contributed by atoms with E-state index in [2.05, 4.69) is 20.4 Å². The van der Waals surface area contributed by atoms with Crippen LogP contribution < -0.4 is 5.32 Å². The number of nitrogens with one attached hydrogen (secondary N) is 1. The van der Waals surface area contributed by atoms with Gasteiger partial charge in [0.2, 0.25) is 0 Å². The smallest absolute Gasteiger partial charge is 0.269 e. The Balaban J connectivity index is 1.84. The van der Waals surface area contributed by atoms with Crippen LogP contribution >= 0.6 is 0 Å². The van der Waals surface area contributed by atoms with E-state index in [0.717, 1.165) is 11.3 Å². The highest BCUT2D eigenvalue weighted by Crippen LogP contribution is 2.34. The van der Waals surface area contributed by atoms with Gasteiger partial charge in [0.15, 0.2) is 0 Å². The van der Waals surface area contributed by atoms with Gasteiger partial charge in [0.25, 0.3) is 5.91 Å². The molecule has 1 aliphatic rings. The van der Waals surface area contributed by atoms with Crippen molar-refractivity contribution in [2.45, 2.75) is 37.5 Å². The number of hydrogen-bond acceptors (Lipinski definition) is 6. The van der Waals surface area contributed by atoms with Crippen LogP contribution in [0.25, 0.3) is 0 Å². The van der Waals surface area contributed by atoms with Crippen LogP contribution in [-0.4, -0.2) is 54.1 Å². The second kappa shape index (κ2) is 6.05. The van der Waals surface area contributed by atoms with Gasteiger partial charge in [-0.2, -0.15) is 5.10 Å². The molecule has 0 saturated heterocycles. The van der Waals surface area contributed by atoms with Crippen LogP contribution in [0.1, 0.15) is 34.1 Å². The van der Waals surface area contributed by atoms with E-state index in [9.17, 15) is 15.0 Å². The van der Waals surface area contributed by atoms with E-state index in [4.69, 9.17) is 0 Å². The van der Waals surface area contributed by atoms with Gasteiger partial charge in [-0.1, -0.05) is 0 Å². The Bertz CT molecular complexity index is 702. The fraction of sp³-hybridized carbons (Fsp3) is 0.467. The van der Waals surface area contributed by atoms with Gasteiger partial charge in [-0.15, -0.1) is 0 Å². The summed E-state index contributed by atoms with van der Waals surface area (Å²) in [5, 5.41) is 27.2. The van der Waals surface area contributed by atoms with Crippen molar-refractivity contribution in [1.82, 2.24) is 25.1 Å². The molecule has 1 fully saturated rings. The third-order valence-corrected chi connectivity index (χ3v) is 4.23. The van der Waals surface area contributed by atoms with E-state index in [0.29, 0.717) is 12.1 Å². The zero-order valence-electron chi connectivity index (χ0n) is 12.9. The summed E-state index contributed by atoms with van der Waals surface area (Å²) in [6.45, 7) is 1.80. The highest BCUT2D eigenvalue weighted by Gasteiger charge is 2.43. The molecule has 4 atom stereocenters. The minimum atomic E-state index is -1.04. The standard InChI is InChI=1S/C15H19N5O3/c1-8-3-11(20(2)19-8)15(23)18-13-10(4-12(21)14(13)22)9-5-16-7-17-6-9/h3,5-7,10,12-14,21-22H,4H2,1-2H3,(H,18,23). The van der Waals surface area contributed by atoms with E-state index < -0.39 is 18.2 Å². The van der Waals surface area contributed by atoms with Gasteiger partial charge < -0.3 is 15.5 Å². The monoisotopic (exact) mass is 317 g/mol. The molecule has 1 aliphatic carbocycles. The Morgan fingerprint density at radius 1 is 1.35 bits per heavy atom. The van der Waals surface area contributed by atoms with Crippen molar-refractivity contribution < 1.29 is 15.0 Å². The Morgan fingerprint density at radius 2 is 2.04 bits per heavy atom. The average molecular weight is 317 g/mol. The summed E-state index contributed by atoms with van der Waals surface area (Å²) in [4.78, 5) is 20.4. The molecule has 2 heterocycles. The lowest BCUT2D eigenvalue weighted by atomic mass is 9.96. The van der Waals surface area contributed by atoms with Crippen molar-refractivity contribution in [1.29, 1.82) is 0 Å². The van der Waals surface area contributed by atoms with Crippen LogP contribution in [0.15, 0.2) is 24.8 Å². The number of aliphatic hydroxyl groups is 2. The third-order valence-electron chi connectivity index (χ3n) is 4.23. The lowest BCUT2D eigenvalue weighted by Gasteiger charge is -2.23. The van der Waals surface area contributed by atoms with E-state index in [1.54, 1.807) is 32.4 Å². The molecule has 1 amide bonds. The van der Waals surface area contributed by atoms with E-state index in [1.807, 2.05) is 0 Å². The van der Waals surface area contributed by atoms with Crippen molar-refractivity contribution >= 4 is 5.91 Å². The summed E-state index contributed by atoms with van der Waals surface area (Å²) in [6, 6.07) is 1.06. The fourth-order valence-corrected chi connectivity index (χ4v) is 3.10. The van der Waals surface area contributed by atoms with Gasteiger partial charge >= 0.3 is 0 Å². The number of aliphatic hydroxyl groups excluding tert-OH is 2. The van der Waals surface area contributed by atoms with Gasteiger partial charge in [-0.3, -0.25) is 9.48 Å². The van der Waals surface area contributed by atoms with Gasteiger partial charge in [0.05, 0.1) is 17.8 Å². The Kier molecular flexibility index (Phi) is 4.10. The van der Waals surface area contributed by atoms with Gasteiger partial charge in [-0.05, 0) is 25.0 Å². The normalized spacial score (nSPS) is 27.1. The Morgan fingerprint density at radius 3 is 2.65 bits per heavy atom. The first-order valence-corrected chi connectivity index (χ1v) is 7.40. The maximum Gasteiger partial charge on any atom is 0.269 e. The zero-order chi connectivity index (χ0) is 16.6. The lowest BCUT2D eigenvalue weighted by molar-refractivity contribution is 0.0293. The summed E-state index contributed by atoms with van der Waals surface area (Å²) >= 11 is 0. The van der Waals surface area contributed by atoms with Crippen LogP contribution in [0.4, 0.5) is 0 Å². The van der Waals surface area contributed by atoms with Crippen molar-refractivity contribution in [3.63, 3.8) is 0 Å². The van der Waals surface area contributed by atoms with Crippen LogP contribution in [0.2, 0.25) is 0 Å². The summed E-state index contributed by atoms with van der Waals surface area (Å²) in [7, 11) is 1.68. The molecule has 0 spiro atoms. The fourth-order valence-electron chi connectivity index (χ4n) is 3.10. The third kappa shape index (κ3) is 2.95. The zero-order valence-corrected chi connectivity index (χ0v) is 12.9. The molecule has 23 heavy (non-hydrogen) atoms. The summed E-state index contributed by atoms with van der Waals surface area (Å²) < 4.78 is 1.49. The number of nitrogens with zero attached hydrogens (tertiary/aromatic N) is 4. The minimum Gasteiger partial charge on any atom is -0.390 e. The molecule has 1 saturated carbocycles. The molecular weight excluding hydrogens is 298 g/mol. The van der Waals surface area contributed by atoms with Crippen molar-refractivity contribution in [3.05, 3.63) is 41.7 Å². The molecule has 3 rings (SSSR count). The topological polar surface area (TPSA) is 113 Å². The Labute approximate surface area is 133 Å². The summed E-state index contributed by atoms with van der Waals surface area (Å²) in [5.74, 6) is -0.590. The SMILES string of the molecule is Cc1cc(C(=O)NC2C(c3cncnc3)CC(O)C2O)n(C)n1. The van der Waals surface area contributed by atoms with Crippen molar-refractivity contribution in [2.24, 2.45) is 7.05 Å². The first-order chi connectivity index (χ1) is 11.0. The molecular formula is C15H19N5O3. The Hall–Kier alpha value is -2.32. The second-order valence-corrected chi connectivity index (χ2v) is 5.87. The average Bonchev–Trinajstić information content (AvgIpc) is 3.01. The number of carbonyl (C=O) groups excluding carboxylic acids is 1. The molecule has 122 valence electrons. The van der Waals surface area contributed by atoms with Crippen molar-refractivity contribution in [2.75, 3.05) is 0 Å². The van der Waals surface area contributed by atoms with Crippen LogP contribution in [-0.2, 0) is 7.05 Å². The van der Waals surface area contributed by atoms with E-state index >= 15 is 0 Å². The van der Waals surface area contributed by atoms with Gasteiger partial charge in [0, 0.05) is 25.4 Å². The number of hydrogen-bond donors (Lipinski definition) is 3. The molecule has 8 heteroatoms. The number of aromatic nitrogens is 4. The summed E-state index contributed by atoms with van der Waals surface area (Å²) in [6.07, 6.45) is 3.07. The van der Waals surface area contributed by atoms with Crippen LogP contribution in [0.5, 0.6) is 0 Å². The van der Waals surface area contributed by atoms with Gasteiger partial charge in [-0.25, -0.2) is 9.97 Å². The molecule has 2 aromatic rings.